The number of ether oxygens (including phenoxy) is 1. The molecule has 1 N–H and O–H groups in total. The van der Waals surface area contributed by atoms with Crippen molar-refractivity contribution in [2.45, 2.75) is 38.3 Å². The smallest absolute Gasteiger partial charge is 0.264 e. The van der Waals surface area contributed by atoms with Crippen molar-refractivity contribution in [1.29, 1.82) is 0 Å². The first-order chi connectivity index (χ1) is 18.1. The van der Waals surface area contributed by atoms with Crippen molar-refractivity contribution in [3.8, 4) is 5.75 Å². The van der Waals surface area contributed by atoms with Crippen LogP contribution in [-0.2, 0) is 26.2 Å². The maximum atomic E-state index is 13.8. The van der Waals surface area contributed by atoms with E-state index in [-0.39, 0.29) is 23.0 Å². The first-order valence-corrected chi connectivity index (χ1v) is 14.0. The molecular formula is C28H32ClN3O5S. The van der Waals surface area contributed by atoms with E-state index in [0.29, 0.717) is 17.4 Å². The van der Waals surface area contributed by atoms with Crippen LogP contribution < -0.4 is 14.4 Å². The quantitative estimate of drug-likeness (QED) is 0.377. The van der Waals surface area contributed by atoms with Gasteiger partial charge in [0, 0.05) is 18.6 Å². The Bertz CT molecular complexity index is 1360. The van der Waals surface area contributed by atoms with Crippen LogP contribution in [0.15, 0.2) is 77.7 Å². The molecular weight excluding hydrogens is 526 g/mol. The van der Waals surface area contributed by atoms with Gasteiger partial charge in [-0.1, -0.05) is 41.4 Å². The Balaban J connectivity index is 2.03. The summed E-state index contributed by atoms with van der Waals surface area (Å²) in [5.74, 6) is -0.325. The molecule has 10 heteroatoms. The summed E-state index contributed by atoms with van der Waals surface area (Å²) in [5, 5.41) is 2.96. The van der Waals surface area contributed by atoms with Gasteiger partial charge in [-0.25, -0.2) is 8.42 Å². The van der Waals surface area contributed by atoms with Gasteiger partial charge in [0.25, 0.3) is 10.0 Å². The van der Waals surface area contributed by atoms with Crippen molar-refractivity contribution < 1.29 is 22.7 Å². The number of carbonyl (C=O) groups excluding carboxylic acids is 2. The topological polar surface area (TPSA) is 96.0 Å². The minimum atomic E-state index is -4.17. The van der Waals surface area contributed by atoms with E-state index in [1.165, 1.54) is 36.2 Å². The molecule has 0 saturated carbocycles. The SMILES string of the molecule is CCOc1ccc(N(CC(=O)N(Cc2cccc(C)c2)C(C)C(=O)NC)S(=O)(=O)c2ccc(Cl)cc2)cc1. The summed E-state index contributed by atoms with van der Waals surface area (Å²) >= 11 is 5.98. The van der Waals surface area contributed by atoms with E-state index in [2.05, 4.69) is 5.32 Å². The number of amides is 2. The summed E-state index contributed by atoms with van der Waals surface area (Å²) < 4.78 is 34.1. The lowest BCUT2D eigenvalue weighted by Crippen LogP contribution is -2.50. The lowest BCUT2D eigenvalue weighted by Gasteiger charge is -2.32. The van der Waals surface area contributed by atoms with Gasteiger partial charge in [0.1, 0.15) is 18.3 Å². The van der Waals surface area contributed by atoms with Crippen LogP contribution in [0.25, 0.3) is 0 Å². The first-order valence-electron chi connectivity index (χ1n) is 12.1. The Hall–Kier alpha value is -3.56. The van der Waals surface area contributed by atoms with Crippen molar-refractivity contribution in [2.24, 2.45) is 0 Å². The Morgan fingerprint density at radius 3 is 2.26 bits per heavy atom. The molecule has 2 amide bonds. The van der Waals surface area contributed by atoms with Gasteiger partial charge in [-0.15, -0.1) is 0 Å². The average molecular weight is 558 g/mol. The summed E-state index contributed by atoms with van der Waals surface area (Å²) in [5.41, 5.74) is 2.10. The molecule has 3 aromatic rings. The number of likely N-dealkylation sites (N-methyl/N-ethyl adjacent to an activating group) is 1. The maximum Gasteiger partial charge on any atom is 0.264 e. The van der Waals surface area contributed by atoms with Gasteiger partial charge in [0.05, 0.1) is 17.2 Å². The summed E-state index contributed by atoms with van der Waals surface area (Å²) in [6.45, 7) is 5.46. The van der Waals surface area contributed by atoms with Gasteiger partial charge in [-0.3, -0.25) is 13.9 Å². The van der Waals surface area contributed by atoms with E-state index < -0.39 is 28.5 Å². The number of nitrogens with one attached hydrogen (secondary N) is 1. The predicted molar refractivity (Wildman–Crippen MR) is 149 cm³/mol. The summed E-state index contributed by atoms with van der Waals surface area (Å²) in [6.07, 6.45) is 0. The van der Waals surface area contributed by atoms with E-state index in [1.807, 2.05) is 38.1 Å². The van der Waals surface area contributed by atoms with Gasteiger partial charge < -0.3 is 15.0 Å². The summed E-state index contributed by atoms with van der Waals surface area (Å²) in [4.78, 5) is 27.7. The molecule has 202 valence electrons. The second-order valence-corrected chi connectivity index (χ2v) is 11.0. The summed E-state index contributed by atoms with van der Waals surface area (Å²) in [7, 11) is -2.68. The summed E-state index contributed by atoms with van der Waals surface area (Å²) in [6, 6.07) is 18.9. The highest BCUT2D eigenvalue weighted by Crippen LogP contribution is 2.27. The number of sulfonamides is 1. The van der Waals surface area contributed by atoms with Gasteiger partial charge in [0.2, 0.25) is 11.8 Å². The molecule has 0 heterocycles. The number of carbonyl (C=O) groups is 2. The van der Waals surface area contributed by atoms with E-state index in [4.69, 9.17) is 16.3 Å². The lowest BCUT2D eigenvalue weighted by atomic mass is 10.1. The van der Waals surface area contributed by atoms with E-state index in [9.17, 15) is 18.0 Å². The fourth-order valence-electron chi connectivity index (χ4n) is 3.94. The molecule has 0 spiro atoms. The highest BCUT2D eigenvalue weighted by molar-refractivity contribution is 7.92. The van der Waals surface area contributed by atoms with Crippen LogP contribution in [0, 0.1) is 6.92 Å². The molecule has 0 fully saturated rings. The maximum absolute atomic E-state index is 13.8. The zero-order chi connectivity index (χ0) is 27.9. The lowest BCUT2D eigenvalue weighted by molar-refractivity contribution is -0.139. The second-order valence-electron chi connectivity index (χ2n) is 8.69. The van der Waals surface area contributed by atoms with Crippen molar-refractivity contribution in [3.05, 3.63) is 88.9 Å². The Kier molecular flexibility index (Phi) is 9.77. The first kappa shape index (κ1) is 29.0. The molecule has 0 aliphatic rings. The third-order valence-electron chi connectivity index (χ3n) is 5.97. The molecule has 3 rings (SSSR count). The van der Waals surface area contributed by atoms with Crippen LogP contribution in [0.5, 0.6) is 5.75 Å². The highest BCUT2D eigenvalue weighted by Gasteiger charge is 2.32. The van der Waals surface area contributed by atoms with Crippen LogP contribution in [0.2, 0.25) is 5.02 Å². The third-order valence-corrected chi connectivity index (χ3v) is 8.01. The molecule has 0 aromatic heterocycles. The molecule has 1 atom stereocenters. The minimum Gasteiger partial charge on any atom is -0.494 e. The number of halogens is 1. The fraction of sp³-hybridized carbons (Fsp3) is 0.286. The van der Waals surface area contributed by atoms with Gasteiger partial charge in [-0.05, 0) is 74.9 Å². The average Bonchev–Trinajstić information content (AvgIpc) is 2.90. The van der Waals surface area contributed by atoms with Crippen LogP contribution in [0.3, 0.4) is 0 Å². The zero-order valence-electron chi connectivity index (χ0n) is 21.8. The normalized spacial score (nSPS) is 11.9. The van der Waals surface area contributed by atoms with Crippen molar-refractivity contribution in [2.75, 3.05) is 24.5 Å². The van der Waals surface area contributed by atoms with Crippen LogP contribution in [0.1, 0.15) is 25.0 Å². The number of rotatable bonds is 11. The molecule has 0 radical (unpaired) electrons. The molecule has 8 nitrogen and oxygen atoms in total. The second kappa shape index (κ2) is 12.8. The minimum absolute atomic E-state index is 0.0202. The number of nitrogens with zero attached hydrogens (tertiary/aromatic N) is 2. The van der Waals surface area contributed by atoms with E-state index >= 15 is 0 Å². The number of hydrogen-bond acceptors (Lipinski definition) is 5. The fourth-order valence-corrected chi connectivity index (χ4v) is 5.48. The largest absolute Gasteiger partial charge is 0.494 e. The molecule has 0 saturated heterocycles. The number of anilines is 1. The monoisotopic (exact) mass is 557 g/mol. The van der Waals surface area contributed by atoms with E-state index in [1.54, 1.807) is 31.2 Å². The van der Waals surface area contributed by atoms with Gasteiger partial charge in [-0.2, -0.15) is 0 Å². The van der Waals surface area contributed by atoms with Gasteiger partial charge >= 0.3 is 0 Å². The third kappa shape index (κ3) is 7.05. The number of aryl methyl sites for hydroxylation is 1. The van der Waals surface area contributed by atoms with Crippen LogP contribution in [0.4, 0.5) is 5.69 Å². The Morgan fingerprint density at radius 2 is 1.68 bits per heavy atom. The highest BCUT2D eigenvalue weighted by atomic mass is 35.5. The number of benzene rings is 3. The van der Waals surface area contributed by atoms with E-state index in [0.717, 1.165) is 15.4 Å². The molecule has 0 bridgehead atoms. The predicted octanol–water partition coefficient (Wildman–Crippen LogP) is 4.41. The van der Waals surface area contributed by atoms with Gasteiger partial charge in [0.15, 0.2) is 0 Å². The van der Waals surface area contributed by atoms with Crippen molar-refractivity contribution in [3.63, 3.8) is 0 Å². The van der Waals surface area contributed by atoms with Crippen molar-refractivity contribution >= 4 is 39.1 Å². The molecule has 1 unspecified atom stereocenters. The Morgan fingerprint density at radius 1 is 1.03 bits per heavy atom. The molecule has 0 aliphatic carbocycles. The Labute approximate surface area is 229 Å². The molecule has 3 aromatic carbocycles. The molecule has 38 heavy (non-hydrogen) atoms. The number of hydrogen-bond donors (Lipinski definition) is 1. The van der Waals surface area contributed by atoms with Crippen LogP contribution >= 0.6 is 11.6 Å². The van der Waals surface area contributed by atoms with Crippen molar-refractivity contribution in [1.82, 2.24) is 10.2 Å². The zero-order valence-corrected chi connectivity index (χ0v) is 23.4. The molecule has 0 aliphatic heterocycles. The van der Waals surface area contributed by atoms with Crippen LogP contribution in [-0.4, -0.2) is 51.4 Å². The standard InChI is InChI=1S/C28H32ClN3O5S/c1-5-37-25-13-11-24(12-14-25)32(38(35,36)26-15-9-23(29)10-16-26)19-27(33)31(21(3)28(34)30-4)18-22-8-6-7-20(2)17-22/h6-17,21H,5,18-19H2,1-4H3,(H,30,34).